The largest absolute Gasteiger partial charge is 0.342 e. The second-order valence-corrected chi connectivity index (χ2v) is 8.58. The fourth-order valence-electron chi connectivity index (χ4n) is 4.39. The molecule has 138 valence electrons. The number of hydrogen-bond acceptors (Lipinski definition) is 3. The van der Waals surface area contributed by atoms with Gasteiger partial charge in [0.1, 0.15) is 0 Å². The van der Waals surface area contributed by atoms with E-state index >= 15 is 0 Å². The standard InChI is InChI=1S/C21H33N3O/c1-17(2)8-13-24-16-21(10-7-20(24)25)9-5-12-23(15-21)14-19-18(3)6-4-11-22-19/h4,6,11,17H,5,7-10,12-16H2,1-3H3/t21-/m0/s1. The lowest BCUT2D eigenvalue weighted by Gasteiger charge is -2.48. The van der Waals surface area contributed by atoms with Crippen LogP contribution in [0, 0.1) is 18.3 Å². The molecule has 2 aliphatic heterocycles. The maximum atomic E-state index is 12.4. The Kier molecular flexibility index (Phi) is 5.78. The predicted molar refractivity (Wildman–Crippen MR) is 101 cm³/mol. The molecule has 2 fully saturated rings. The van der Waals surface area contributed by atoms with E-state index in [4.69, 9.17) is 0 Å². The Morgan fingerprint density at radius 1 is 1.28 bits per heavy atom. The SMILES string of the molecule is Cc1cccnc1CN1CCC[C@]2(CCC(=O)N(CCC(C)C)C2)C1. The van der Waals surface area contributed by atoms with Gasteiger partial charge in [0, 0.05) is 44.2 Å². The second kappa shape index (κ2) is 7.86. The molecule has 0 unspecified atom stereocenters. The van der Waals surface area contributed by atoms with E-state index in [1.54, 1.807) is 0 Å². The minimum absolute atomic E-state index is 0.297. The van der Waals surface area contributed by atoms with Crippen molar-refractivity contribution in [3.63, 3.8) is 0 Å². The van der Waals surface area contributed by atoms with E-state index in [0.717, 1.165) is 52.0 Å². The topological polar surface area (TPSA) is 36.4 Å². The predicted octanol–water partition coefficient (Wildman–Crippen LogP) is 3.64. The molecule has 3 rings (SSSR count). The summed E-state index contributed by atoms with van der Waals surface area (Å²) in [5.74, 6) is 1.02. The number of carbonyl (C=O) groups is 1. The van der Waals surface area contributed by atoms with Crippen LogP contribution in [0.1, 0.15) is 57.2 Å². The Bertz CT molecular complexity index is 601. The molecule has 1 aromatic rings. The van der Waals surface area contributed by atoms with Crippen molar-refractivity contribution in [1.82, 2.24) is 14.8 Å². The number of nitrogens with zero attached hydrogens (tertiary/aromatic N) is 3. The van der Waals surface area contributed by atoms with Crippen molar-refractivity contribution in [2.75, 3.05) is 26.2 Å². The van der Waals surface area contributed by atoms with Gasteiger partial charge in [0.25, 0.3) is 0 Å². The van der Waals surface area contributed by atoms with Crippen molar-refractivity contribution in [3.05, 3.63) is 29.6 Å². The van der Waals surface area contributed by atoms with E-state index in [0.29, 0.717) is 17.2 Å². The lowest BCUT2D eigenvalue weighted by molar-refractivity contribution is -0.139. The summed E-state index contributed by atoms with van der Waals surface area (Å²) >= 11 is 0. The Morgan fingerprint density at radius 2 is 2.12 bits per heavy atom. The normalized spacial score (nSPS) is 25.1. The summed E-state index contributed by atoms with van der Waals surface area (Å²) in [6.07, 6.45) is 7.29. The molecular formula is C21H33N3O. The van der Waals surface area contributed by atoms with Crippen molar-refractivity contribution < 1.29 is 4.79 Å². The molecule has 0 aromatic carbocycles. The summed E-state index contributed by atoms with van der Waals surface area (Å²) in [4.78, 5) is 21.6. The Labute approximate surface area is 152 Å². The molecule has 0 bridgehead atoms. The van der Waals surface area contributed by atoms with Crippen LogP contribution in [0.5, 0.6) is 0 Å². The van der Waals surface area contributed by atoms with Crippen molar-refractivity contribution in [3.8, 4) is 0 Å². The number of pyridine rings is 1. The molecule has 0 radical (unpaired) electrons. The lowest BCUT2D eigenvalue weighted by atomic mass is 9.73. The maximum Gasteiger partial charge on any atom is 0.222 e. The fourth-order valence-corrected chi connectivity index (χ4v) is 4.39. The van der Waals surface area contributed by atoms with Gasteiger partial charge in [0.05, 0.1) is 5.69 Å². The molecule has 0 N–H and O–H groups in total. The van der Waals surface area contributed by atoms with E-state index in [-0.39, 0.29) is 0 Å². The summed E-state index contributed by atoms with van der Waals surface area (Å²) < 4.78 is 0. The molecule has 2 aliphatic rings. The van der Waals surface area contributed by atoms with Gasteiger partial charge in [-0.3, -0.25) is 14.7 Å². The highest BCUT2D eigenvalue weighted by Gasteiger charge is 2.41. The van der Waals surface area contributed by atoms with Gasteiger partial charge in [-0.15, -0.1) is 0 Å². The number of aromatic nitrogens is 1. The van der Waals surface area contributed by atoms with Crippen molar-refractivity contribution >= 4 is 5.91 Å². The van der Waals surface area contributed by atoms with Crippen LogP contribution in [-0.2, 0) is 11.3 Å². The van der Waals surface area contributed by atoms with Crippen LogP contribution in [0.2, 0.25) is 0 Å². The Morgan fingerprint density at radius 3 is 2.88 bits per heavy atom. The monoisotopic (exact) mass is 343 g/mol. The summed E-state index contributed by atoms with van der Waals surface area (Å²) in [7, 11) is 0. The van der Waals surface area contributed by atoms with Crippen LogP contribution < -0.4 is 0 Å². The molecule has 2 saturated heterocycles. The Balaban J connectivity index is 1.65. The van der Waals surface area contributed by atoms with Crippen LogP contribution in [0.25, 0.3) is 0 Å². The Hall–Kier alpha value is -1.42. The third-order valence-corrected chi connectivity index (χ3v) is 5.96. The van der Waals surface area contributed by atoms with E-state index in [1.165, 1.54) is 24.1 Å². The number of rotatable bonds is 5. The molecule has 3 heterocycles. The highest BCUT2D eigenvalue weighted by atomic mass is 16.2. The van der Waals surface area contributed by atoms with Crippen molar-refractivity contribution in [2.24, 2.45) is 11.3 Å². The zero-order chi connectivity index (χ0) is 17.9. The minimum atomic E-state index is 0.297. The molecule has 1 amide bonds. The van der Waals surface area contributed by atoms with Gasteiger partial charge in [-0.05, 0) is 56.7 Å². The smallest absolute Gasteiger partial charge is 0.222 e. The summed E-state index contributed by atoms with van der Waals surface area (Å²) in [6.45, 7) is 11.7. The van der Waals surface area contributed by atoms with Crippen molar-refractivity contribution in [2.45, 2.75) is 59.4 Å². The second-order valence-electron chi connectivity index (χ2n) is 8.58. The van der Waals surface area contributed by atoms with Gasteiger partial charge in [0.2, 0.25) is 5.91 Å². The fraction of sp³-hybridized carbons (Fsp3) is 0.714. The molecule has 4 heteroatoms. The first-order valence-electron chi connectivity index (χ1n) is 9.88. The number of aryl methyl sites for hydroxylation is 1. The van der Waals surface area contributed by atoms with Gasteiger partial charge in [-0.2, -0.15) is 0 Å². The molecule has 1 spiro atoms. The molecule has 1 atom stereocenters. The van der Waals surface area contributed by atoms with Gasteiger partial charge in [-0.1, -0.05) is 19.9 Å². The van der Waals surface area contributed by atoms with Gasteiger partial charge in [0.15, 0.2) is 0 Å². The van der Waals surface area contributed by atoms with Crippen LogP contribution in [0.4, 0.5) is 0 Å². The summed E-state index contributed by atoms with van der Waals surface area (Å²) in [5.41, 5.74) is 2.77. The quantitative estimate of drug-likeness (QED) is 0.819. The van der Waals surface area contributed by atoms with Crippen LogP contribution in [0.15, 0.2) is 18.3 Å². The third-order valence-electron chi connectivity index (χ3n) is 5.96. The molecule has 1 aromatic heterocycles. The first-order valence-corrected chi connectivity index (χ1v) is 9.88. The van der Waals surface area contributed by atoms with E-state index in [2.05, 4.69) is 41.6 Å². The molecular weight excluding hydrogens is 310 g/mol. The first-order chi connectivity index (χ1) is 12.0. The third kappa shape index (κ3) is 4.60. The van der Waals surface area contributed by atoms with Gasteiger partial charge >= 0.3 is 0 Å². The first kappa shape index (κ1) is 18.4. The minimum Gasteiger partial charge on any atom is -0.342 e. The van der Waals surface area contributed by atoms with Gasteiger partial charge in [-0.25, -0.2) is 0 Å². The number of amides is 1. The number of carbonyl (C=O) groups excluding carboxylic acids is 1. The molecule has 4 nitrogen and oxygen atoms in total. The summed E-state index contributed by atoms with van der Waals surface area (Å²) in [5, 5.41) is 0. The molecule has 0 aliphatic carbocycles. The number of hydrogen-bond donors (Lipinski definition) is 0. The van der Waals surface area contributed by atoms with Crippen LogP contribution in [-0.4, -0.2) is 46.9 Å². The highest BCUT2D eigenvalue weighted by molar-refractivity contribution is 5.77. The van der Waals surface area contributed by atoms with Crippen LogP contribution >= 0.6 is 0 Å². The highest BCUT2D eigenvalue weighted by Crippen LogP contribution is 2.39. The van der Waals surface area contributed by atoms with Crippen LogP contribution in [0.3, 0.4) is 0 Å². The lowest BCUT2D eigenvalue weighted by Crippen LogP contribution is -2.54. The van der Waals surface area contributed by atoms with E-state index in [9.17, 15) is 4.79 Å². The maximum absolute atomic E-state index is 12.4. The van der Waals surface area contributed by atoms with E-state index in [1.807, 2.05) is 12.3 Å². The average Bonchev–Trinajstić information content (AvgIpc) is 2.58. The van der Waals surface area contributed by atoms with E-state index < -0.39 is 0 Å². The average molecular weight is 344 g/mol. The van der Waals surface area contributed by atoms with Gasteiger partial charge < -0.3 is 4.90 Å². The zero-order valence-electron chi connectivity index (χ0n) is 16.1. The molecule has 25 heavy (non-hydrogen) atoms. The molecule has 0 saturated carbocycles. The number of likely N-dealkylation sites (tertiary alicyclic amines) is 2. The number of piperidine rings is 2. The summed E-state index contributed by atoms with van der Waals surface area (Å²) in [6, 6.07) is 4.16. The zero-order valence-corrected chi connectivity index (χ0v) is 16.1. The van der Waals surface area contributed by atoms with Crippen molar-refractivity contribution in [1.29, 1.82) is 0 Å².